The van der Waals surface area contributed by atoms with Gasteiger partial charge in [-0.25, -0.2) is 4.98 Å². The minimum atomic E-state index is 0.836. The largest absolute Gasteiger partial charge is 0.497 e. The maximum absolute atomic E-state index is 5.41. The molecule has 0 aliphatic carbocycles. The molecule has 4 heteroatoms. The number of pyridine rings is 1. The zero-order valence-corrected chi connectivity index (χ0v) is 14.7. The summed E-state index contributed by atoms with van der Waals surface area (Å²) in [5.41, 5.74) is 4.28. The van der Waals surface area contributed by atoms with Crippen molar-refractivity contribution >= 4 is 22.2 Å². The normalized spacial score (nSPS) is 11.2. The molecule has 0 saturated heterocycles. The number of ether oxygens (including phenoxy) is 1. The molecule has 2 heterocycles. The van der Waals surface area contributed by atoms with Crippen LogP contribution in [0.15, 0.2) is 54.7 Å². The summed E-state index contributed by atoms with van der Waals surface area (Å²) in [6.07, 6.45) is 2.08. The number of imidazole rings is 1. The van der Waals surface area contributed by atoms with E-state index in [4.69, 9.17) is 9.72 Å². The molecule has 0 bridgehead atoms. The van der Waals surface area contributed by atoms with Crippen LogP contribution < -0.4 is 10.1 Å². The molecule has 2 aromatic carbocycles. The quantitative estimate of drug-likeness (QED) is 0.578. The van der Waals surface area contributed by atoms with E-state index in [1.54, 1.807) is 7.11 Å². The van der Waals surface area contributed by atoms with E-state index in [0.717, 1.165) is 45.8 Å². The summed E-state index contributed by atoms with van der Waals surface area (Å²) in [6.45, 7) is 5.06. The lowest BCUT2D eigenvalue weighted by Crippen LogP contribution is -2.02. The molecule has 2 aromatic heterocycles. The van der Waals surface area contributed by atoms with Crippen LogP contribution in [-0.4, -0.2) is 23.0 Å². The monoisotopic (exact) mass is 331 g/mol. The van der Waals surface area contributed by atoms with Crippen LogP contribution in [0.1, 0.15) is 12.5 Å². The van der Waals surface area contributed by atoms with Crippen molar-refractivity contribution in [1.29, 1.82) is 0 Å². The standard InChI is InChI=1S/C21H21N3O/c1-4-22-21-19(17-8-6-5-7-14(17)2)23-20-18-13-16(25-3)10-9-15(18)11-12-24(20)21/h5-13,22H,4H2,1-3H3. The molecule has 126 valence electrons. The number of benzene rings is 2. The molecule has 0 aliphatic heterocycles. The third kappa shape index (κ3) is 2.50. The third-order valence-corrected chi connectivity index (χ3v) is 4.56. The van der Waals surface area contributed by atoms with Crippen LogP contribution in [0.4, 0.5) is 5.82 Å². The number of rotatable bonds is 4. The van der Waals surface area contributed by atoms with E-state index in [1.165, 1.54) is 5.56 Å². The Bertz CT molecular complexity index is 1070. The fraction of sp³-hybridized carbons (Fsp3) is 0.190. The van der Waals surface area contributed by atoms with Gasteiger partial charge in [0.25, 0.3) is 0 Å². The van der Waals surface area contributed by atoms with Gasteiger partial charge in [0.15, 0.2) is 0 Å². The first-order valence-corrected chi connectivity index (χ1v) is 8.51. The van der Waals surface area contributed by atoms with Gasteiger partial charge in [0.1, 0.15) is 22.9 Å². The third-order valence-electron chi connectivity index (χ3n) is 4.56. The molecule has 0 unspecified atom stereocenters. The first kappa shape index (κ1) is 15.5. The van der Waals surface area contributed by atoms with Gasteiger partial charge in [-0.2, -0.15) is 0 Å². The first-order valence-electron chi connectivity index (χ1n) is 8.51. The number of hydrogen-bond donors (Lipinski definition) is 1. The van der Waals surface area contributed by atoms with E-state index in [1.807, 2.05) is 6.07 Å². The number of aryl methyl sites for hydroxylation is 1. The number of methoxy groups -OCH3 is 1. The summed E-state index contributed by atoms with van der Waals surface area (Å²) in [7, 11) is 1.69. The van der Waals surface area contributed by atoms with Gasteiger partial charge in [-0.3, -0.25) is 4.40 Å². The minimum Gasteiger partial charge on any atom is -0.497 e. The fourth-order valence-electron chi connectivity index (χ4n) is 3.29. The number of hydrogen-bond acceptors (Lipinski definition) is 3. The van der Waals surface area contributed by atoms with Crippen LogP contribution in [0.5, 0.6) is 5.75 Å². The summed E-state index contributed by atoms with van der Waals surface area (Å²) in [4.78, 5) is 5.01. The molecule has 4 aromatic rings. The molecule has 4 nitrogen and oxygen atoms in total. The van der Waals surface area contributed by atoms with E-state index in [2.05, 4.69) is 72.2 Å². The number of aromatic nitrogens is 2. The smallest absolute Gasteiger partial charge is 0.147 e. The average Bonchev–Trinajstić information content (AvgIpc) is 3.01. The molecule has 0 atom stereocenters. The highest BCUT2D eigenvalue weighted by Gasteiger charge is 2.16. The summed E-state index contributed by atoms with van der Waals surface area (Å²) >= 11 is 0. The molecule has 1 N–H and O–H groups in total. The predicted octanol–water partition coefficient (Wildman–Crippen LogP) is 4.90. The van der Waals surface area contributed by atoms with Crippen LogP contribution in [0.25, 0.3) is 27.7 Å². The summed E-state index contributed by atoms with van der Waals surface area (Å²) in [6, 6.07) is 16.6. The van der Waals surface area contributed by atoms with Crippen LogP contribution >= 0.6 is 0 Å². The molecule has 4 rings (SSSR count). The molecule has 25 heavy (non-hydrogen) atoms. The van der Waals surface area contributed by atoms with Crippen molar-refractivity contribution in [3.05, 3.63) is 60.3 Å². The van der Waals surface area contributed by atoms with E-state index in [9.17, 15) is 0 Å². The second-order valence-corrected chi connectivity index (χ2v) is 6.12. The van der Waals surface area contributed by atoms with E-state index in [-0.39, 0.29) is 0 Å². The van der Waals surface area contributed by atoms with Gasteiger partial charge < -0.3 is 10.1 Å². The maximum Gasteiger partial charge on any atom is 0.147 e. The fourth-order valence-corrected chi connectivity index (χ4v) is 3.29. The van der Waals surface area contributed by atoms with Crippen LogP contribution in [0.2, 0.25) is 0 Å². The Balaban J connectivity index is 2.07. The van der Waals surface area contributed by atoms with Gasteiger partial charge in [-0.05, 0) is 43.0 Å². The second kappa shape index (κ2) is 6.13. The Hall–Kier alpha value is -3.01. The van der Waals surface area contributed by atoms with Crippen molar-refractivity contribution in [1.82, 2.24) is 9.38 Å². The molecular weight excluding hydrogens is 310 g/mol. The zero-order valence-electron chi connectivity index (χ0n) is 14.7. The lowest BCUT2D eigenvalue weighted by molar-refractivity contribution is 0.415. The zero-order chi connectivity index (χ0) is 17.4. The van der Waals surface area contributed by atoms with Gasteiger partial charge in [0.2, 0.25) is 0 Å². The minimum absolute atomic E-state index is 0.836. The lowest BCUT2D eigenvalue weighted by Gasteiger charge is -2.09. The molecular formula is C21H21N3O. The van der Waals surface area contributed by atoms with Gasteiger partial charge in [0.05, 0.1) is 7.11 Å². The summed E-state index contributed by atoms with van der Waals surface area (Å²) < 4.78 is 7.54. The highest BCUT2D eigenvalue weighted by molar-refractivity contribution is 5.97. The van der Waals surface area contributed by atoms with Crippen molar-refractivity contribution in [2.45, 2.75) is 13.8 Å². The van der Waals surface area contributed by atoms with Gasteiger partial charge in [0, 0.05) is 23.7 Å². The lowest BCUT2D eigenvalue weighted by atomic mass is 10.1. The highest BCUT2D eigenvalue weighted by Crippen LogP contribution is 2.34. The number of fused-ring (bicyclic) bond motifs is 3. The van der Waals surface area contributed by atoms with E-state index >= 15 is 0 Å². The van der Waals surface area contributed by atoms with Crippen molar-refractivity contribution in [3.8, 4) is 17.0 Å². The van der Waals surface area contributed by atoms with Crippen molar-refractivity contribution in [2.75, 3.05) is 19.0 Å². The molecule has 0 aliphatic rings. The molecule has 0 radical (unpaired) electrons. The van der Waals surface area contributed by atoms with Crippen LogP contribution in [-0.2, 0) is 0 Å². The number of anilines is 1. The highest BCUT2D eigenvalue weighted by atomic mass is 16.5. The second-order valence-electron chi connectivity index (χ2n) is 6.12. The SMILES string of the molecule is CCNc1c(-c2ccccc2C)nc2c3cc(OC)ccc3ccn12. The van der Waals surface area contributed by atoms with Crippen LogP contribution in [0, 0.1) is 6.92 Å². The first-order chi connectivity index (χ1) is 12.2. The Labute approximate surface area is 147 Å². The summed E-state index contributed by atoms with van der Waals surface area (Å²) in [5.74, 6) is 1.86. The topological polar surface area (TPSA) is 38.6 Å². The summed E-state index contributed by atoms with van der Waals surface area (Å²) in [5, 5.41) is 5.72. The number of nitrogens with zero attached hydrogens (tertiary/aromatic N) is 2. The molecule has 0 saturated carbocycles. The van der Waals surface area contributed by atoms with Gasteiger partial charge in [-0.1, -0.05) is 30.3 Å². The Morgan fingerprint density at radius 1 is 1.12 bits per heavy atom. The molecule has 0 amide bonds. The van der Waals surface area contributed by atoms with Gasteiger partial charge >= 0.3 is 0 Å². The molecule has 0 fully saturated rings. The van der Waals surface area contributed by atoms with Crippen molar-refractivity contribution < 1.29 is 4.74 Å². The van der Waals surface area contributed by atoms with Crippen molar-refractivity contribution in [2.24, 2.45) is 0 Å². The van der Waals surface area contributed by atoms with Gasteiger partial charge in [-0.15, -0.1) is 0 Å². The van der Waals surface area contributed by atoms with Crippen LogP contribution in [0.3, 0.4) is 0 Å². The van der Waals surface area contributed by atoms with E-state index in [0.29, 0.717) is 0 Å². The molecule has 0 spiro atoms. The predicted molar refractivity (Wildman–Crippen MR) is 104 cm³/mol. The Morgan fingerprint density at radius 3 is 2.72 bits per heavy atom. The van der Waals surface area contributed by atoms with Crippen molar-refractivity contribution in [3.63, 3.8) is 0 Å². The Kier molecular flexibility index (Phi) is 3.80. The average molecular weight is 331 g/mol. The Morgan fingerprint density at radius 2 is 1.96 bits per heavy atom. The maximum atomic E-state index is 5.41. The van der Waals surface area contributed by atoms with E-state index < -0.39 is 0 Å². The number of nitrogens with one attached hydrogen (secondary N) is 1.